The molecule has 0 atom stereocenters. The predicted molar refractivity (Wildman–Crippen MR) is 81.5 cm³/mol. The fourth-order valence-electron chi connectivity index (χ4n) is 2.24. The van der Waals surface area contributed by atoms with E-state index in [1.807, 2.05) is 30.3 Å². The van der Waals surface area contributed by atoms with Crippen molar-refractivity contribution < 1.29 is 0 Å². The van der Waals surface area contributed by atoms with Gasteiger partial charge < -0.3 is 4.98 Å². The summed E-state index contributed by atoms with van der Waals surface area (Å²) in [5, 5.41) is 1.04. The quantitative estimate of drug-likeness (QED) is 0.765. The van der Waals surface area contributed by atoms with E-state index in [4.69, 9.17) is 0 Å². The number of rotatable bonds is 2. The fourth-order valence-corrected chi connectivity index (χ4v) is 2.70. The van der Waals surface area contributed by atoms with Crippen molar-refractivity contribution in [3.8, 4) is 0 Å². The summed E-state index contributed by atoms with van der Waals surface area (Å²) in [5.41, 5.74) is 3.20. The topological polar surface area (TPSA) is 32.9 Å². The van der Waals surface area contributed by atoms with Gasteiger partial charge in [0.05, 0.1) is 5.52 Å². The molecule has 1 aromatic heterocycles. The van der Waals surface area contributed by atoms with Crippen LogP contribution in [0, 0.1) is 0 Å². The third-order valence-corrected chi connectivity index (χ3v) is 3.86. The number of hydrogen-bond acceptors (Lipinski definition) is 1. The first-order valence-corrected chi connectivity index (χ1v) is 6.88. The van der Waals surface area contributed by atoms with Crippen LogP contribution in [0.5, 0.6) is 0 Å². The SMILES string of the molecule is O=c1ccc2c(Br)ccc(Cc3ccccc3)c2[nH]1. The molecular formula is C16H12BrNO. The van der Waals surface area contributed by atoms with E-state index in [2.05, 4.69) is 39.1 Å². The molecule has 3 heteroatoms. The molecule has 0 saturated heterocycles. The highest BCUT2D eigenvalue weighted by molar-refractivity contribution is 9.10. The van der Waals surface area contributed by atoms with Crippen LogP contribution in [0.4, 0.5) is 0 Å². The molecule has 0 bridgehead atoms. The van der Waals surface area contributed by atoms with Crippen LogP contribution in [0.3, 0.4) is 0 Å². The van der Waals surface area contributed by atoms with Gasteiger partial charge in [0.25, 0.3) is 0 Å². The molecule has 1 heterocycles. The minimum absolute atomic E-state index is 0.0695. The summed E-state index contributed by atoms with van der Waals surface area (Å²) < 4.78 is 0.996. The highest BCUT2D eigenvalue weighted by Gasteiger charge is 2.06. The predicted octanol–water partition coefficient (Wildman–Crippen LogP) is 3.88. The Morgan fingerprint density at radius 2 is 1.74 bits per heavy atom. The first-order valence-electron chi connectivity index (χ1n) is 6.08. The highest BCUT2D eigenvalue weighted by atomic mass is 79.9. The van der Waals surface area contributed by atoms with E-state index in [1.54, 1.807) is 6.07 Å². The Balaban J connectivity index is 2.16. The lowest BCUT2D eigenvalue weighted by Crippen LogP contribution is -2.04. The number of aromatic amines is 1. The lowest BCUT2D eigenvalue weighted by molar-refractivity contribution is 1.18. The molecular weight excluding hydrogens is 302 g/mol. The third-order valence-electron chi connectivity index (χ3n) is 3.17. The molecule has 0 spiro atoms. The van der Waals surface area contributed by atoms with Gasteiger partial charge in [-0.1, -0.05) is 52.3 Å². The van der Waals surface area contributed by atoms with Gasteiger partial charge in [0.1, 0.15) is 0 Å². The maximum absolute atomic E-state index is 11.5. The zero-order valence-electron chi connectivity index (χ0n) is 10.2. The van der Waals surface area contributed by atoms with Crippen LogP contribution in [0.25, 0.3) is 10.9 Å². The fraction of sp³-hybridized carbons (Fsp3) is 0.0625. The van der Waals surface area contributed by atoms with Crippen molar-refractivity contribution in [2.45, 2.75) is 6.42 Å². The monoisotopic (exact) mass is 313 g/mol. The Labute approximate surface area is 119 Å². The second-order valence-electron chi connectivity index (χ2n) is 4.48. The molecule has 0 unspecified atom stereocenters. The summed E-state index contributed by atoms with van der Waals surface area (Å²) in [4.78, 5) is 14.5. The molecule has 2 nitrogen and oxygen atoms in total. The van der Waals surface area contributed by atoms with Crippen LogP contribution >= 0.6 is 15.9 Å². The van der Waals surface area contributed by atoms with Gasteiger partial charge in [-0.15, -0.1) is 0 Å². The van der Waals surface area contributed by atoms with Gasteiger partial charge in [0.2, 0.25) is 5.56 Å². The van der Waals surface area contributed by atoms with Gasteiger partial charge in [-0.3, -0.25) is 4.79 Å². The summed E-state index contributed by atoms with van der Waals surface area (Å²) in [6, 6.07) is 17.7. The molecule has 94 valence electrons. The first-order chi connectivity index (χ1) is 9.24. The second kappa shape index (κ2) is 5.02. The lowest BCUT2D eigenvalue weighted by atomic mass is 10.0. The van der Waals surface area contributed by atoms with Crippen molar-refractivity contribution in [2.75, 3.05) is 0 Å². The molecule has 3 rings (SSSR count). The van der Waals surface area contributed by atoms with E-state index >= 15 is 0 Å². The summed E-state index contributed by atoms with van der Waals surface area (Å²) >= 11 is 3.52. The molecule has 0 fully saturated rings. The van der Waals surface area contributed by atoms with E-state index < -0.39 is 0 Å². The maximum atomic E-state index is 11.5. The van der Waals surface area contributed by atoms with Gasteiger partial charge >= 0.3 is 0 Å². The summed E-state index contributed by atoms with van der Waals surface area (Å²) in [7, 11) is 0. The molecule has 2 aromatic carbocycles. The average molecular weight is 314 g/mol. The Hall–Kier alpha value is -1.87. The standard InChI is InChI=1S/C16H12BrNO/c17-14-8-6-12(10-11-4-2-1-3-5-11)16-13(14)7-9-15(19)18-16/h1-9H,10H2,(H,18,19). The largest absolute Gasteiger partial charge is 0.322 e. The lowest BCUT2D eigenvalue weighted by Gasteiger charge is -2.08. The van der Waals surface area contributed by atoms with E-state index in [9.17, 15) is 4.79 Å². The molecule has 1 N–H and O–H groups in total. The molecule has 19 heavy (non-hydrogen) atoms. The van der Waals surface area contributed by atoms with Crippen LogP contribution in [0.2, 0.25) is 0 Å². The van der Waals surface area contributed by atoms with E-state index in [-0.39, 0.29) is 5.56 Å². The van der Waals surface area contributed by atoms with Crippen LogP contribution in [0.15, 0.2) is 63.9 Å². The summed E-state index contributed by atoms with van der Waals surface area (Å²) in [6.07, 6.45) is 0.810. The molecule has 0 saturated carbocycles. The smallest absolute Gasteiger partial charge is 0.248 e. The van der Waals surface area contributed by atoms with Crippen LogP contribution in [-0.4, -0.2) is 4.98 Å². The average Bonchev–Trinajstić information content (AvgIpc) is 2.43. The van der Waals surface area contributed by atoms with Gasteiger partial charge in [-0.2, -0.15) is 0 Å². The normalized spacial score (nSPS) is 10.8. The molecule has 0 radical (unpaired) electrons. The zero-order valence-corrected chi connectivity index (χ0v) is 11.8. The molecule has 0 aliphatic carbocycles. The number of fused-ring (bicyclic) bond motifs is 1. The number of hydrogen-bond donors (Lipinski definition) is 1. The van der Waals surface area contributed by atoms with Gasteiger partial charge in [-0.05, 0) is 29.7 Å². The van der Waals surface area contributed by atoms with Gasteiger partial charge in [0.15, 0.2) is 0 Å². The third kappa shape index (κ3) is 2.47. The van der Waals surface area contributed by atoms with Crippen molar-refractivity contribution in [3.63, 3.8) is 0 Å². The van der Waals surface area contributed by atoms with E-state index in [0.29, 0.717) is 0 Å². The number of H-pyrrole nitrogens is 1. The van der Waals surface area contributed by atoms with Gasteiger partial charge in [-0.25, -0.2) is 0 Å². The molecule has 3 aromatic rings. The minimum Gasteiger partial charge on any atom is -0.322 e. The molecule has 0 aliphatic rings. The van der Waals surface area contributed by atoms with Crippen LogP contribution in [0.1, 0.15) is 11.1 Å². The van der Waals surface area contributed by atoms with Crippen molar-refractivity contribution in [1.82, 2.24) is 4.98 Å². The number of pyridine rings is 1. The number of aromatic nitrogens is 1. The van der Waals surface area contributed by atoms with Gasteiger partial charge in [0, 0.05) is 15.9 Å². The zero-order chi connectivity index (χ0) is 13.2. The highest BCUT2D eigenvalue weighted by Crippen LogP contribution is 2.25. The van der Waals surface area contributed by atoms with Crippen LogP contribution in [-0.2, 0) is 6.42 Å². The Kier molecular flexibility index (Phi) is 3.22. The van der Waals surface area contributed by atoms with Crippen molar-refractivity contribution in [3.05, 3.63) is 80.6 Å². The Bertz CT molecular complexity index is 778. The van der Waals surface area contributed by atoms with E-state index in [0.717, 1.165) is 27.4 Å². The minimum atomic E-state index is -0.0695. The number of halogens is 1. The maximum Gasteiger partial charge on any atom is 0.248 e. The molecule has 0 amide bonds. The Morgan fingerprint density at radius 1 is 0.947 bits per heavy atom. The Morgan fingerprint density at radius 3 is 2.53 bits per heavy atom. The summed E-state index contributed by atoms with van der Waals surface area (Å²) in [5.74, 6) is 0. The second-order valence-corrected chi connectivity index (χ2v) is 5.33. The van der Waals surface area contributed by atoms with Crippen molar-refractivity contribution in [2.24, 2.45) is 0 Å². The molecule has 0 aliphatic heterocycles. The number of benzene rings is 2. The number of nitrogens with one attached hydrogen (secondary N) is 1. The first kappa shape index (κ1) is 12.2. The van der Waals surface area contributed by atoms with Crippen LogP contribution < -0.4 is 5.56 Å². The summed E-state index contributed by atoms with van der Waals surface area (Å²) in [6.45, 7) is 0. The van der Waals surface area contributed by atoms with E-state index in [1.165, 1.54) is 5.56 Å². The van der Waals surface area contributed by atoms with Crippen molar-refractivity contribution in [1.29, 1.82) is 0 Å². The van der Waals surface area contributed by atoms with Crippen molar-refractivity contribution >= 4 is 26.8 Å².